The van der Waals surface area contributed by atoms with Crippen LogP contribution in [-0.2, 0) is 0 Å². The Bertz CT molecular complexity index is 1020. The lowest BCUT2D eigenvalue weighted by Gasteiger charge is -2.11. The summed E-state index contributed by atoms with van der Waals surface area (Å²) in [4.78, 5) is 12.7. The Balaban J connectivity index is 2.07. The van der Waals surface area contributed by atoms with Gasteiger partial charge in [0.05, 0.1) is 7.11 Å². The maximum Gasteiger partial charge on any atom is 0.268 e. The fourth-order valence-corrected chi connectivity index (χ4v) is 2.55. The number of hydrogen-bond acceptors (Lipinski definition) is 5. The molecule has 2 aromatic carbocycles. The van der Waals surface area contributed by atoms with Crippen LogP contribution in [0.25, 0.3) is 11.0 Å². The summed E-state index contributed by atoms with van der Waals surface area (Å²) in [7, 11) is 1.56. The Hall–Kier alpha value is -3.28. The normalized spacial score (nSPS) is 11.6. The molecule has 0 aliphatic rings. The van der Waals surface area contributed by atoms with Crippen molar-refractivity contribution >= 4 is 22.6 Å². The van der Waals surface area contributed by atoms with Gasteiger partial charge in [-0.05, 0) is 60.5 Å². The molecule has 0 spiro atoms. The van der Waals surface area contributed by atoms with E-state index in [0.29, 0.717) is 22.4 Å². The van der Waals surface area contributed by atoms with Gasteiger partial charge in [0.15, 0.2) is 0 Å². The van der Waals surface area contributed by atoms with Gasteiger partial charge in [0.2, 0.25) is 0 Å². The van der Waals surface area contributed by atoms with Crippen molar-refractivity contribution < 1.29 is 19.2 Å². The molecule has 0 radical (unpaired) electrons. The Morgan fingerprint density at radius 2 is 2.00 bits per heavy atom. The summed E-state index contributed by atoms with van der Waals surface area (Å²) in [6, 6.07) is 12.4. The summed E-state index contributed by atoms with van der Waals surface area (Å²) in [6.45, 7) is 3.90. The highest BCUT2D eigenvalue weighted by atomic mass is 16.5. The minimum absolute atomic E-state index is 0.129. The van der Waals surface area contributed by atoms with Crippen LogP contribution in [0.2, 0.25) is 0 Å². The number of methoxy groups -OCH3 is 1. The van der Waals surface area contributed by atoms with E-state index in [4.69, 9.17) is 9.15 Å². The van der Waals surface area contributed by atoms with E-state index in [1.165, 1.54) is 0 Å². The molecule has 0 aliphatic heterocycles. The number of anilines is 1. The molecule has 3 rings (SSSR count). The smallest absolute Gasteiger partial charge is 0.268 e. The highest BCUT2D eigenvalue weighted by Gasteiger charge is 2.15. The van der Waals surface area contributed by atoms with Crippen molar-refractivity contribution in [1.29, 1.82) is 0 Å². The number of fused-ring (bicyclic) bond motifs is 1. The standard InChI is InChI=1S/C19H18N2O4/c1-11-5-4-6-16(12(11)2)20-18(22)15-10-13-9-14(24-3)7-8-17(13)25-19(15)21-23/h4-10,23H,1-3H3,(H,20,22)/b21-19-. The van der Waals surface area contributed by atoms with E-state index in [1.807, 2.05) is 32.0 Å². The summed E-state index contributed by atoms with van der Waals surface area (Å²) >= 11 is 0. The third-order valence-electron chi connectivity index (χ3n) is 4.14. The van der Waals surface area contributed by atoms with E-state index in [-0.39, 0.29) is 11.1 Å². The number of amides is 1. The molecule has 0 fully saturated rings. The van der Waals surface area contributed by atoms with Gasteiger partial charge in [0.25, 0.3) is 11.5 Å². The van der Waals surface area contributed by atoms with Crippen LogP contribution in [0.15, 0.2) is 52.0 Å². The first-order valence-electron chi connectivity index (χ1n) is 7.71. The molecule has 0 aliphatic carbocycles. The van der Waals surface area contributed by atoms with Crippen molar-refractivity contribution in [2.24, 2.45) is 5.16 Å². The van der Waals surface area contributed by atoms with Gasteiger partial charge < -0.3 is 19.7 Å². The van der Waals surface area contributed by atoms with Gasteiger partial charge >= 0.3 is 0 Å². The number of benzene rings is 2. The van der Waals surface area contributed by atoms with Gasteiger partial charge in [-0.1, -0.05) is 12.1 Å². The summed E-state index contributed by atoms with van der Waals surface area (Å²) < 4.78 is 10.7. The third-order valence-corrected chi connectivity index (χ3v) is 4.14. The SMILES string of the molecule is COc1ccc2o/c(=N\O)c(C(=O)Nc3cccc(C)c3C)cc2c1. The van der Waals surface area contributed by atoms with Crippen LogP contribution in [0.4, 0.5) is 5.69 Å². The zero-order valence-corrected chi connectivity index (χ0v) is 14.2. The molecule has 25 heavy (non-hydrogen) atoms. The van der Waals surface area contributed by atoms with Gasteiger partial charge in [0, 0.05) is 11.1 Å². The zero-order chi connectivity index (χ0) is 18.0. The van der Waals surface area contributed by atoms with Gasteiger partial charge in [-0.3, -0.25) is 4.79 Å². The van der Waals surface area contributed by atoms with Crippen LogP contribution in [0, 0.1) is 13.8 Å². The number of hydrogen-bond donors (Lipinski definition) is 2. The second-order valence-electron chi connectivity index (χ2n) is 5.67. The minimum atomic E-state index is -0.421. The fraction of sp³-hybridized carbons (Fsp3) is 0.158. The molecule has 1 amide bonds. The second kappa shape index (κ2) is 6.68. The number of carbonyl (C=O) groups excluding carboxylic acids is 1. The molecule has 0 saturated carbocycles. The first kappa shape index (κ1) is 16.6. The molecule has 6 heteroatoms. The van der Waals surface area contributed by atoms with Crippen molar-refractivity contribution in [3.8, 4) is 5.75 Å². The molecule has 3 aromatic rings. The van der Waals surface area contributed by atoms with Gasteiger partial charge in [-0.15, -0.1) is 0 Å². The predicted molar refractivity (Wildman–Crippen MR) is 94.0 cm³/mol. The van der Waals surface area contributed by atoms with Crippen molar-refractivity contribution in [2.45, 2.75) is 13.8 Å². The molecule has 0 saturated heterocycles. The molecule has 128 valence electrons. The lowest BCUT2D eigenvalue weighted by Crippen LogP contribution is -2.22. The molecule has 0 atom stereocenters. The number of ether oxygens (including phenoxy) is 1. The maximum absolute atomic E-state index is 12.7. The molecular formula is C19H18N2O4. The van der Waals surface area contributed by atoms with E-state index in [0.717, 1.165) is 11.1 Å². The van der Waals surface area contributed by atoms with E-state index in [1.54, 1.807) is 31.4 Å². The number of nitrogens with one attached hydrogen (secondary N) is 1. The Morgan fingerprint density at radius 1 is 1.20 bits per heavy atom. The maximum atomic E-state index is 12.7. The average Bonchev–Trinajstić information content (AvgIpc) is 2.63. The topological polar surface area (TPSA) is 84.1 Å². The largest absolute Gasteiger partial charge is 0.497 e. The van der Waals surface area contributed by atoms with Crippen molar-refractivity contribution in [3.05, 3.63) is 64.7 Å². The Labute approximate surface area is 144 Å². The summed E-state index contributed by atoms with van der Waals surface area (Å²) in [5, 5.41) is 15.8. The van der Waals surface area contributed by atoms with Crippen LogP contribution in [-0.4, -0.2) is 18.2 Å². The van der Waals surface area contributed by atoms with Crippen molar-refractivity contribution in [3.63, 3.8) is 0 Å². The Morgan fingerprint density at radius 3 is 2.72 bits per heavy atom. The fourth-order valence-electron chi connectivity index (χ4n) is 2.55. The van der Waals surface area contributed by atoms with E-state index in [2.05, 4.69) is 10.5 Å². The molecule has 1 aromatic heterocycles. The molecule has 1 heterocycles. The van der Waals surface area contributed by atoms with Crippen molar-refractivity contribution in [2.75, 3.05) is 12.4 Å². The third kappa shape index (κ3) is 3.19. The molecular weight excluding hydrogens is 320 g/mol. The van der Waals surface area contributed by atoms with E-state index < -0.39 is 5.91 Å². The summed E-state index contributed by atoms with van der Waals surface area (Å²) in [5.74, 6) is 0.215. The molecule has 0 unspecified atom stereocenters. The highest BCUT2D eigenvalue weighted by Crippen LogP contribution is 2.22. The molecule has 6 nitrogen and oxygen atoms in total. The van der Waals surface area contributed by atoms with Gasteiger partial charge in [0.1, 0.15) is 16.9 Å². The van der Waals surface area contributed by atoms with E-state index in [9.17, 15) is 10.0 Å². The highest BCUT2D eigenvalue weighted by molar-refractivity contribution is 6.05. The number of rotatable bonds is 3. The predicted octanol–water partition coefficient (Wildman–Crippen LogP) is 3.60. The molecule has 2 N–H and O–H groups in total. The van der Waals surface area contributed by atoms with E-state index >= 15 is 0 Å². The van der Waals surface area contributed by atoms with Crippen LogP contribution in [0.3, 0.4) is 0 Å². The van der Waals surface area contributed by atoms with Gasteiger partial charge in [-0.25, -0.2) is 0 Å². The zero-order valence-electron chi connectivity index (χ0n) is 14.2. The first-order chi connectivity index (χ1) is 12.0. The van der Waals surface area contributed by atoms with Crippen molar-refractivity contribution in [1.82, 2.24) is 0 Å². The number of carbonyl (C=O) groups is 1. The lowest BCUT2D eigenvalue weighted by atomic mass is 10.1. The van der Waals surface area contributed by atoms with Crippen LogP contribution < -0.4 is 15.6 Å². The molecule has 0 bridgehead atoms. The minimum Gasteiger partial charge on any atom is -0.497 e. The summed E-state index contributed by atoms with van der Waals surface area (Å²) in [6.07, 6.45) is 0. The first-order valence-corrected chi connectivity index (χ1v) is 7.71. The quantitative estimate of drug-likeness (QED) is 0.564. The van der Waals surface area contributed by atoms with Crippen LogP contribution in [0.1, 0.15) is 21.5 Å². The summed E-state index contributed by atoms with van der Waals surface area (Å²) in [5.41, 5.74) is 3.19. The number of aryl methyl sites for hydroxylation is 1. The lowest BCUT2D eigenvalue weighted by molar-refractivity contribution is 0.102. The van der Waals surface area contributed by atoms with Gasteiger partial charge in [-0.2, -0.15) is 0 Å². The van der Waals surface area contributed by atoms with Crippen LogP contribution in [0.5, 0.6) is 5.75 Å². The average molecular weight is 338 g/mol. The second-order valence-corrected chi connectivity index (χ2v) is 5.67. The van der Waals surface area contributed by atoms with Crippen LogP contribution >= 0.6 is 0 Å². The Kier molecular flexibility index (Phi) is 4.43. The number of nitrogens with zero attached hydrogens (tertiary/aromatic N) is 1. The monoisotopic (exact) mass is 338 g/mol.